The maximum atomic E-state index is 3.30. The van der Waals surface area contributed by atoms with Crippen LogP contribution >= 0.6 is 0 Å². The largest absolute Gasteiger partial charge is 0.0948 e. The summed E-state index contributed by atoms with van der Waals surface area (Å²) >= 11 is 0. The van der Waals surface area contributed by atoms with Crippen LogP contribution in [0.15, 0.2) is 24.3 Å². The predicted molar refractivity (Wildman–Crippen MR) is 83.1 cm³/mol. The summed E-state index contributed by atoms with van der Waals surface area (Å²) in [5.41, 5.74) is 2.68. The second kappa shape index (κ2) is 6.80. The van der Waals surface area contributed by atoms with Crippen LogP contribution in [-0.2, 0) is 0 Å². The Bertz CT molecular complexity index is 435. The first-order chi connectivity index (χ1) is 9.19. The van der Waals surface area contributed by atoms with Gasteiger partial charge in [-0.3, -0.25) is 0 Å². The molecule has 0 spiro atoms. The molecule has 1 fully saturated rings. The summed E-state index contributed by atoms with van der Waals surface area (Å²) in [6.45, 7) is 6.75. The van der Waals surface area contributed by atoms with Crippen molar-refractivity contribution in [3.05, 3.63) is 35.4 Å². The highest BCUT2D eigenvalue weighted by molar-refractivity contribution is 5.37. The van der Waals surface area contributed by atoms with Gasteiger partial charge < -0.3 is 0 Å². The van der Waals surface area contributed by atoms with E-state index in [0.29, 0.717) is 5.92 Å². The molecule has 0 heterocycles. The van der Waals surface area contributed by atoms with Gasteiger partial charge in [0.25, 0.3) is 0 Å². The Kier molecular flexibility index (Phi) is 5.08. The molecule has 0 saturated heterocycles. The van der Waals surface area contributed by atoms with Gasteiger partial charge in [0.15, 0.2) is 0 Å². The van der Waals surface area contributed by atoms with Gasteiger partial charge in [-0.1, -0.05) is 57.6 Å². The second-order valence-corrected chi connectivity index (χ2v) is 6.16. The van der Waals surface area contributed by atoms with Gasteiger partial charge in [-0.15, -0.1) is 0 Å². The van der Waals surface area contributed by atoms with E-state index < -0.39 is 0 Å². The molecule has 1 saturated carbocycles. The van der Waals surface area contributed by atoms with Crippen molar-refractivity contribution < 1.29 is 0 Å². The minimum atomic E-state index is 0.500. The monoisotopic (exact) mass is 254 g/mol. The quantitative estimate of drug-likeness (QED) is 0.622. The zero-order valence-electron chi connectivity index (χ0n) is 12.6. The third-order valence-electron chi connectivity index (χ3n) is 4.47. The van der Waals surface area contributed by atoms with Gasteiger partial charge in [0, 0.05) is 11.5 Å². The van der Waals surface area contributed by atoms with Gasteiger partial charge in [0.2, 0.25) is 0 Å². The molecule has 0 N–H and O–H groups in total. The fourth-order valence-corrected chi connectivity index (χ4v) is 2.74. The lowest BCUT2D eigenvalue weighted by atomic mass is 9.79. The van der Waals surface area contributed by atoms with E-state index >= 15 is 0 Å². The van der Waals surface area contributed by atoms with E-state index in [1.165, 1.54) is 31.2 Å². The van der Waals surface area contributed by atoms with Crippen LogP contribution in [0.25, 0.3) is 0 Å². The molecule has 19 heavy (non-hydrogen) atoms. The van der Waals surface area contributed by atoms with Crippen molar-refractivity contribution in [3.63, 3.8) is 0 Å². The normalized spacial score (nSPS) is 24.4. The Morgan fingerprint density at radius 1 is 1.11 bits per heavy atom. The molecule has 1 aromatic carbocycles. The number of benzene rings is 1. The molecular formula is C19H26. The van der Waals surface area contributed by atoms with Crippen molar-refractivity contribution in [2.45, 2.75) is 58.8 Å². The molecule has 0 amide bonds. The van der Waals surface area contributed by atoms with Crippen LogP contribution < -0.4 is 0 Å². The second-order valence-electron chi connectivity index (χ2n) is 6.16. The van der Waals surface area contributed by atoms with E-state index in [4.69, 9.17) is 0 Å². The number of rotatable bonds is 2. The minimum Gasteiger partial charge on any atom is -0.0948 e. The van der Waals surface area contributed by atoms with Crippen molar-refractivity contribution in [2.24, 2.45) is 11.8 Å². The van der Waals surface area contributed by atoms with Crippen molar-refractivity contribution >= 4 is 0 Å². The molecule has 2 rings (SSSR count). The average Bonchev–Trinajstić information content (AvgIpc) is 2.46. The summed E-state index contributed by atoms with van der Waals surface area (Å²) in [7, 11) is 0. The molecule has 1 atom stereocenters. The number of hydrogen-bond acceptors (Lipinski definition) is 0. The van der Waals surface area contributed by atoms with Crippen LogP contribution in [0.2, 0.25) is 0 Å². The molecule has 1 aliphatic carbocycles. The first-order valence-corrected chi connectivity index (χ1v) is 7.80. The fraction of sp³-hybridized carbons (Fsp3) is 0.579. The molecule has 0 heteroatoms. The molecule has 1 unspecified atom stereocenters. The smallest absolute Gasteiger partial charge is 0.0245 e. The lowest BCUT2D eigenvalue weighted by Gasteiger charge is -2.26. The van der Waals surface area contributed by atoms with Crippen LogP contribution in [0.1, 0.15) is 69.9 Å². The fourth-order valence-electron chi connectivity index (χ4n) is 2.74. The van der Waals surface area contributed by atoms with Crippen LogP contribution in [0.3, 0.4) is 0 Å². The highest BCUT2D eigenvalue weighted by Crippen LogP contribution is 2.35. The van der Waals surface area contributed by atoms with Crippen LogP contribution in [0.5, 0.6) is 0 Å². The summed E-state index contributed by atoms with van der Waals surface area (Å²) in [4.78, 5) is 0. The topological polar surface area (TPSA) is 0 Å². The van der Waals surface area contributed by atoms with Gasteiger partial charge in [0.1, 0.15) is 0 Å². The molecule has 1 aromatic rings. The molecular weight excluding hydrogens is 228 g/mol. The van der Waals surface area contributed by atoms with Crippen molar-refractivity contribution in [2.75, 3.05) is 0 Å². The van der Waals surface area contributed by atoms with Gasteiger partial charge in [-0.05, 0) is 48.8 Å². The van der Waals surface area contributed by atoms with E-state index in [1.54, 1.807) is 0 Å². The van der Waals surface area contributed by atoms with Crippen LogP contribution in [0.4, 0.5) is 0 Å². The third-order valence-corrected chi connectivity index (χ3v) is 4.47. The molecule has 0 aromatic heterocycles. The summed E-state index contributed by atoms with van der Waals surface area (Å²) < 4.78 is 0. The molecule has 0 nitrogen and oxygen atoms in total. The predicted octanol–water partition coefficient (Wildman–Crippen LogP) is 5.38. The van der Waals surface area contributed by atoms with Crippen LogP contribution in [-0.4, -0.2) is 0 Å². The van der Waals surface area contributed by atoms with Gasteiger partial charge >= 0.3 is 0 Å². The Hall–Kier alpha value is -1.22. The zero-order valence-corrected chi connectivity index (χ0v) is 12.6. The summed E-state index contributed by atoms with van der Waals surface area (Å²) in [6.07, 6.45) is 6.63. The minimum absolute atomic E-state index is 0.500. The highest BCUT2D eigenvalue weighted by Gasteiger charge is 2.19. The Morgan fingerprint density at radius 2 is 1.74 bits per heavy atom. The van der Waals surface area contributed by atoms with Gasteiger partial charge in [-0.25, -0.2) is 0 Å². The van der Waals surface area contributed by atoms with E-state index in [1.807, 2.05) is 0 Å². The summed E-state index contributed by atoms with van der Waals surface area (Å²) in [5.74, 6) is 8.80. The van der Waals surface area contributed by atoms with Crippen molar-refractivity contribution in [1.29, 1.82) is 0 Å². The first-order valence-electron chi connectivity index (χ1n) is 7.80. The van der Waals surface area contributed by atoms with Crippen molar-refractivity contribution in [1.82, 2.24) is 0 Å². The van der Waals surface area contributed by atoms with Gasteiger partial charge in [-0.2, -0.15) is 0 Å². The summed E-state index contributed by atoms with van der Waals surface area (Å²) in [5, 5.41) is 0. The van der Waals surface area contributed by atoms with E-state index in [-0.39, 0.29) is 0 Å². The molecule has 102 valence electrons. The Balaban J connectivity index is 1.99. The highest BCUT2D eigenvalue weighted by atomic mass is 14.2. The zero-order chi connectivity index (χ0) is 13.7. The van der Waals surface area contributed by atoms with E-state index in [9.17, 15) is 0 Å². The Labute approximate surface area is 118 Å². The molecule has 0 radical (unpaired) electrons. The number of hydrogen-bond donors (Lipinski definition) is 0. The maximum absolute atomic E-state index is 3.30. The standard InChI is InChI=1S/C19H26/c1-4-15(2)5-8-17-9-13-19(14-10-17)18-11-6-16(3)7-12-18/h9-10,13-16,18H,4,6-7,11-12H2,1-3H3. The van der Waals surface area contributed by atoms with Crippen LogP contribution in [0, 0.1) is 23.7 Å². The summed E-state index contributed by atoms with van der Waals surface area (Å²) in [6, 6.07) is 8.98. The lowest BCUT2D eigenvalue weighted by molar-refractivity contribution is 0.348. The molecule has 1 aliphatic rings. The van der Waals surface area contributed by atoms with E-state index in [0.717, 1.165) is 23.8 Å². The maximum Gasteiger partial charge on any atom is 0.0245 e. The van der Waals surface area contributed by atoms with Crippen molar-refractivity contribution in [3.8, 4) is 11.8 Å². The third kappa shape index (κ3) is 4.13. The Morgan fingerprint density at radius 3 is 2.32 bits per heavy atom. The molecule has 0 aliphatic heterocycles. The average molecular weight is 254 g/mol. The van der Waals surface area contributed by atoms with Gasteiger partial charge in [0.05, 0.1) is 0 Å². The SMILES string of the molecule is CCC(C)C#Cc1ccc(C2CCC(C)CC2)cc1. The molecule has 0 bridgehead atoms. The lowest BCUT2D eigenvalue weighted by Crippen LogP contribution is -2.10. The van der Waals surface area contributed by atoms with E-state index in [2.05, 4.69) is 56.9 Å². The first kappa shape index (κ1) is 14.2.